The fourth-order valence-electron chi connectivity index (χ4n) is 2.72. The average Bonchev–Trinajstić information content (AvgIpc) is 3.29. The molecule has 1 aliphatic heterocycles. The zero-order valence-corrected chi connectivity index (χ0v) is 16.4. The van der Waals surface area contributed by atoms with Crippen LogP contribution >= 0.6 is 23.1 Å². The summed E-state index contributed by atoms with van der Waals surface area (Å²) in [4.78, 5) is 31.5. The van der Waals surface area contributed by atoms with Crippen molar-refractivity contribution in [2.45, 2.75) is 26.4 Å². The summed E-state index contributed by atoms with van der Waals surface area (Å²) >= 11 is 3.13. The van der Waals surface area contributed by atoms with Crippen LogP contribution in [0, 0.1) is 6.92 Å². The highest BCUT2D eigenvalue weighted by atomic mass is 32.2. The quantitative estimate of drug-likeness (QED) is 0.820. The van der Waals surface area contributed by atoms with Crippen molar-refractivity contribution in [3.8, 4) is 5.75 Å². The number of carbonyl (C=O) groups is 2. The number of amides is 2. The molecule has 1 fully saturated rings. The van der Waals surface area contributed by atoms with Crippen molar-refractivity contribution < 1.29 is 14.3 Å². The molecule has 0 spiro atoms. The van der Waals surface area contributed by atoms with Crippen LogP contribution in [0.2, 0.25) is 0 Å². The molecule has 1 aliphatic rings. The third-order valence-electron chi connectivity index (χ3n) is 3.97. The number of nitrogens with one attached hydrogen (secondary N) is 1. The molecule has 8 heteroatoms. The van der Waals surface area contributed by atoms with Crippen LogP contribution in [0.25, 0.3) is 0 Å². The second-order valence-electron chi connectivity index (χ2n) is 5.80. The van der Waals surface area contributed by atoms with E-state index in [0.717, 1.165) is 10.7 Å². The van der Waals surface area contributed by atoms with Gasteiger partial charge in [0.15, 0.2) is 0 Å². The molecule has 1 N–H and O–H groups in total. The molecule has 3 rings (SSSR count). The lowest BCUT2D eigenvalue weighted by Gasteiger charge is -2.24. The van der Waals surface area contributed by atoms with Gasteiger partial charge in [-0.3, -0.25) is 9.59 Å². The number of nitrogens with zero attached hydrogens (tertiary/aromatic N) is 2. The minimum absolute atomic E-state index is 0.150. The molecule has 0 saturated carbocycles. The Morgan fingerprint density at radius 2 is 2.19 bits per heavy atom. The van der Waals surface area contributed by atoms with E-state index in [1.807, 2.05) is 25.3 Å². The highest BCUT2D eigenvalue weighted by Gasteiger charge is 2.35. The maximum absolute atomic E-state index is 13.0. The summed E-state index contributed by atoms with van der Waals surface area (Å²) in [6, 6.07) is 6.67. The average molecular weight is 392 g/mol. The molecule has 0 aliphatic carbocycles. The van der Waals surface area contributed by atoms with Crippen LogP contribution in [0.3, 0.4) is 0 Å². The number of ether oxygens (including phenoxy) is 1. The third kappa shape index (κ3) is 4.19. The first-order valence-corrected chi connectivity index (χ1v) is 10.4. The van der Waals surface area contributed by atoms with E-state index in [-0.39, 0.29) is 11.8 Å². The van der Waals surface area contributed by atoms with E-state index < -0.39 is 6.04 Å². The Kier molecular flexibility index (Phi) is 6.16. The minimum Gasteiger partial charge on any atom is -0.493 e. The van der Waals surface area contributed by atoms with E-state index in [1.54, 1.807) is 46.2 Å². The van der Waals surface area contributed by atoms with E-state index in [0.29, 0.717) is 36.1 Å². The SMILES string of the molecule is CCOc1ccccc1C(=O)N1CSC[C@@H]1C(=O)NCc1csc(C)n1. The van der Waals surface area contributed by atoms with Crippen LogP contribution in [0.5, 0.6) is 5.75 Å². The van der Waals surface area contributed by atoms with E-state index >= 15 is 0 Å². The molecular weight excluding hydrogens is 370 g/mol. The molecule has 1 atom stereocenters. The van der Waals surface area contributed by atoms with E-state index in [1.165, 1.54) is 0 Å². The van der Waals surface area contributed by atoms with Crippen molar-refractivity contribution >= 4 is 34.9 Å². The summed E-state index contributed by atoms with van der Waals surface area (Å²) in [6.45, 7) is 4.67. The first-order valence-electron chi connectivity index (χ1n) is 8.39. The molecule has 2 heterocycles. The largest absolute Gasteiger partial charge is 0.493 e. The number of rotatable bonds is 6. The van der Waals surface area contributed by atoms with Crippen molar-refractivity contribution in [2.24, 2.45) is 0 Å². The van der Waals surface area contributed by atoms with Gasteiger partial charge in [-0.1, -0.05) is 12.1 Å². The number of hydrogen-bond donors (Lipinski definition) is 1. The molecule has 1 aromatic carbocycles. The number of thioether (sulfide) groups is 1. The maximum Gasteiger partial charge on any atom is 0.259 e. The summed E-state index contributed by atoms with van der Waals surface area (Å²) in [6.07, 6.45) is 0. The summed E-state index contributed by atoms with van der Waals surface area (Å²) in [5.41, 5.74) is 1.33. The predicted molar refractivity (Wildman–Crippen MR) is 104 cm³/mol. The summed E-state index contributed by atoms with van der Waals surface area (Å²) in [7, 11) is 0. The van der Waals surface area contributed by atoms with Crippen molar-refractivity contribution in [2.75, 3.05) is 18.2 Å². The number of benzene rings is 1. The number of aryl methyl sites for hydroxylation is 1. The van der Waals surface area contributed by atoms with Gasteiger partial charge in [0.2, 0.25) is 5.91 Å². The standard InChI is InChI=1S/C18H21N3O3S2/c1-3-24-16-7-5-4-6-14(16)18(23)21-11-25-10-15(21)17(22)19-8-13-9-26-12(2)20-13/h4-7,9,15H,3,8,10-11H2,1-2H3,(H,19,22)/t15-/m1/s1. The monoisotopic (exact) mass is 391 g/mol. The molecule has 1 saturated heterocycles. The van der Waals surface area contributed by atoms with Crippen molar-refractivity contribution in [1.82, 2.24) is 15.2 Å². The second-order valence-corrected chi connectivity index (χ2v) is 7.86. The zero-order chi connectivity index (χ0) is 18.5. The number of hydrogen-bond acceptors (Lipinski definition) is 6. The van der Waals surface area contributed by atoms with Gasteiger partial charge in [-0.05, 0) is 26.0 Å². The lowest BCUT2D eigenvalue weighted by molar-refractivity contribution is -0.124. The van der Waals surface area contributed by atoms with Crippen LogP contribution in [-0.2, 0) is 11.3 Å². The second kappa shape index (κ2) is 8.55. The van der Waals surface area contributed by atoms with Crippen molar-refractivity contribution in [3.05, 3.63) is 45.9 Å². The summed E-state index contributed by atoms with van der Waals surface area (Å²) < 4.78 is 5.56. The van der Waals surface area contributed by atoms with Crippen molar-refractivity contribution in [1.29, 1.82) is 0 Å². The molecule has 1 aromatic heterocycles. The first-order chi connectivity index (χ1) is 12.6. The highest BCUT2D eigenvalue weighted by molar-refractivity contribution is 7.99. The molecule has 0 bridgehead atoms. The van der Waals surface area contributed by atoms with Gasteiger partial charge in [0.05, 0.1) is 35.3 Å². The van der Waals surface area contributed by atoms with Gasteiger partial charge < -0.3 is 15.0 Å². The Balaban J connectivity index is 1.69. The number of thiazole rings is 1. The van der Waals surface area contributed by atoms with Gasteiger partial charge >= 0.3 is 0 Å². The Morgan fingerprint density at radius 3 is 2.92 bits per heavy atom. The smallest absolute Gasteiger partial charge is 0.259 e. The fourth-order valence-corrected chi connectivity index (χ4v) is 4.49. The molecule has 26 heavy (non-hydrogen) atoms. The normalized spacial score (nSPS) is 16.5. The van der Waals surface area contributed by atoms with Gasteiger partial charge in [0, 0.05) is 11.1 Å². The number of carbonyl (C=O) groups excluding carboxylic acids is 2. The molecular formula is C18H21N3O3S2. The summed E-state index contributed by atoms with van der Waals surface area (Å²) in [5, 5.41) is 5.80. The lowest BCUT2D eigenvalue weighted by atomic mass is 10.1. The van der Waals surface area contributed by atoms with Gasteiger partial charge in [-0.15, -0.1) is 23.1 Å². The zero-order valence-electron chi connectivity index (χ0n) is 14.7. The number of aromatic nitrogens is 1. The van der Waals surface area contributed by atoms with E-state index in [2.05, 4.69) is 10.3 Å². The molecule has 2 amide bonds. The topological polar surface area (TPSA) is 71.5 Å². The van der Waals surface area contributed by atoms with Crippen LogP contribution in [0.4, 0.5) is 0 Å². The Labute approximate surface area is 160 Å². The molecule has 0 unspecified atom stereocenters. The lowest BCUT2D eigenvalue weighted by Crippen LogP contribution is -2.47. The predicted octanol–water partition coefficient (Wildman–Crippen LogP) is 2.68. The molecule has 6 nitrogen and oxygen atoms in total. The molecule has 138 valence electrons. The highest BCUT2D eigenvalue weighted by Crippen LogP contribution is 2.27. The summed E-state index contributed by atoms with van der Waals surface area (Å²) in [5.74, 6) is 1.30. The maximum atomic E-state index is 13.0. The Morgan fingerprint density at radius 1 is 1.38 bits per heavy atom. The van der Waals surface area contributed by atoms with Crippen molar-refractivity contribution in [3.63, 3.8) is 0 Å². The van der Waals surface area contributed by atoms with Gasteiger partial charge in [-0.25, -0.2) is 4.98 Å². The number of para-hydroxylation sites is 1. The van der Waals surface area contributed by atoms with Gasteiger partial charge in [-0.2, -0.15) is 0 Å². The van der Waals surface area contributed by atoms with Gasteiger partial charge in [0.1, 0.15) is 11.8 Å². The third-order valence-corrected chi connectivity index (χ3v) is 5.81. The minimum atomic E-state index is -0.484. The molecule has 2 aromatic rings. The first kappa shape index (κ1) is 18.7. The molecule has 0 radical (unpaired) electrons. The van der Waals surface area contributed by atoms with Crippen LogP contribution in [-0.4, -0.2) is 46.0 Å². The Bertz CT molecular complexity index is 793. The van der Waals surface area contributed by atoms with Crippen LogP contribution < -0.4 is 10.1 Å². The Hall–Kier alpha value is -2.06. The van der Waals surface area contributed by atoms with E-state index in [4.69, 9.17) is 4.74 Å². The van der Waals surface area contributed by atoms with Crippen LogP contribution in [0.15, 0.2) is 29.6 Å². The van der Waals surface area contributed by atoms with Gasteiger partial charge in [0.25, 0.3) is 5.91 Å². The van der Waals surface area contributed by atoms with Crippen LogP contribution in [0.1, 0.15) is 28.0 Å². The van der Waals surface area contributed by atoms with E-state index in [9.17, 15) is 9.59 Å². The fraction of sp³-hybridized carbons (Fsp3) is 0.389.